The number of carbonyl (C=O) groups is 2. The van der Waals surface area contributed by atoms with Crippen molar-refractivity contribution in [1.82, 2.24) is 4.72 Å². The lowest BCUT2D eigenvalue weighted by molar-refractivity contribution is -0.145. The van der Waals surface area contributed by atoms with Crippen LogP contribution in [-0.4, -0.2) is 45.9 Å². The highest BCUT2D eigenvalue weighted by molar-refractivity contribution is 7.90. The molecule has 0 aromatic heterocycles. The lowest BCUT2D eigenvalue weighted by atomic mass is 10.1. The Hall–Kier alpha value is -1.15. The molecule has 116 valence electrons. The summed E-state index contributed by atoms with van der Waals surface area (Å²) in [5.41, 5.74) is 0. The fourth-order valence-corrected chi connectivity index (χ4v) is 4.11. The van der Waals surface area contributed by atoms with E-state index in [1.807, 2.05) is 0 Å². The van der Waals surface area contributed by atoms with Crippen molar-refractivity contribution in [3.05, 3.63) is 0 Å². The highest BCUT2D eigenvalue weighted by Crippen LogP contribution is 2.31. The summed E-state index contributed by atoms with van der Waals surface area (Å²) in [5, 5.41) is -0.780. The van der Waals surface area contributed by atoms with Gasteiger partial charge in [0.1, 0.15) is 0 Å². The molecule has 0 aromatic rings. The molecule has 0 spiro atoms. The Labute approximate surface area is 119 Å². The van der Waals surface area contributed by atoms with Gasteiger partial charge in [-0.15, -0.1) is 0 Å². The maximum absolute atomic E-state index is 12.1. The van der Waals surface area contributed by atoms with Gasteiger partial charge in [0.2, 0.25) is 10.0 Å². The van der Waals surface area contributed by atoms with Gasteiger partial charge in [-0.1, -0.05) is 6.42 Å². The van der Waals surface area contributed by atoms with E-state index in [2.05, 4.69) is 9.46 Å². The summed E-state index contributed by atoms with van der Waals surface area (Å²) in [5.74, 6) is -1.57. The fourth-order valence-electron chi connectivity index (χ4n) is 2.35. The second-order valence-electron chi connectivity index (χ2n) is 4.59. The highest BCUT2D eigenvalue weighted by atomic mass is 32.2. The van der Waals surface area contributed by atoms with Crippen LogP contribution >= 0.6 is 0 Å². The van der Waals surface area contributed by atoms with E-state index in [4.69, 9.17) is 4.74 Å². The van der Waals surface area contributed by atoms with Gasteiger partial charge in [-0.25, -0.2) is 13.1 Å². The molecule has 0 bridgehead atoms. The maximum Gasteiger partial charge on any atom is 0.310 e. The first-order chi connectivity index (χ1) is 9.42. The Morgan fingerprint density at radius 3 is 2.60 bits per heavy atom. The van der Waals surface area contributed by atoms with Crippen LogP contribution in [0, 0.1) is 5.92 Å². The first kappa shape index (κ1) is 16.9. The van der Waals surface area contributed by atoms with Gasteiger partial charge in [0.15, 0.2) is 0 Å². The van der Waals surface area contributed by atoms with Gasteiger partial charge >= 0.3 is 11.9 Å². The minimum Gasteiger partial charge on any atom is -0.469 e. The van der Waals surface area contributed by atoms with Crippen LogP contribution in [0.1, 0.15) is 32.6 Å². The average molecular weight is 307 g/mol. The second-order valence-corrected chi connectivity index (χ2v) is 6.58. The van der Waals surface area contributed by atoms with Crippen molar-refractivity contribution in [3.8, 4) is 0 Å². The van der Waals surface area contributed by atoms with Crippen molar-refractivity contribution < 1.29 is 27.5 Å². The van der Waals surface area contributed by atoms with E-state index in [1.165, 1.54) is 7.11 Å². The van der Waals surface area contributed by atoms with Gasteiger partial charge in [0.25, 0.3) is 0 Å². The van der Waals surface area contributed by atoms with Crippen molar-refractivity contribution >= 4 is 22.0 Å². The molecule has 7 nitrogen and oxygen atoms in total. The minimum atomic E-state index is -3.63. The summed E-state index contributed by atoms with van der Waals surface area (Å²) in [7, 11) is -2.38. The van der Waals surface area contributed by atoms with Crippen LogP contribution < -0.4 is 4.72 Å². The van der Waals surface area contributed by atoms with Gasteiger partial charge in [0.05, 0.1) is 31.3 Å². The summed E-state index contributed by atoms with van der Waals surface area (Å²) in [6.45, 7) is 1.92. The van der Waals surface area contributed by atoms with Crippen molar-refractivity contribution in [2.24, 2.45) is 5.92 Å². The number of carbonyl (C=O) groups excluding carboxylic acids is 2. The third-order valence-corrected chi connectivity index (χ3v) is 5.26. The monoisotopic (exact) mass is 307 g/mol. The Kier molecular flexibility index (Phi) is 6.41. The van der Waals surface area contributed by atoms with Crippen LogP contribution in [0.2, 0.25) is 0 Å². The lowest BCUT2D eigenvalue weighted by Crippen LogP contribution is -2.40. The molecule has 0 radical (unpaired) electrons. The number of hydrogen-bond donors (Lipinski definition) is 1. The molecule has 8 heteroatoms. The lowest BCUT2D eigenvalue weighted by Gasteiger charge is -2.18. The summed E-state index contributed by atoms with van der Waals surface area (Å²) in [6, 6.07) is 0. The zero-order valence-corrected chi connectivity index (χ0v) is 12.6. The molecule has 0 amide bonds. The third-order valence-electron chi connectivity index (χ3n) is 3.29. The zero-order valence-electron chi connectivity index (χ0n) is 11.8. The molecule has 1 rings (SSSR count). The predicted octanol–water partition coefficient (Wildman–Crippen LogP) is 0.201. The van der Waals surface area contributed by atoms with Gasteiger partial charge < -0.3 is 9.47 Å². The Morgan fingerprint density at radius 2 is 2.00 bits per heavy atom. The molecule has 1 saturated carbocycles. The SMILES string of the molecule is CCOC(=O)CCNS(=O)(=O)C1CCCC1C(=O)OC. The Morgan fingerprint density at radius 1 is 1.30 bits per heavy atom. The van der Waals surface area contributed by atoms with E-state index in [9.17, 15) is 18.0 Å². The molecule has 1 aliphatic carbocycles. The van der Waals surface area contributed by atoms with Crippen LogP contribution in [0.15, 0.2) is 0 Å². The summed E-state index contributed by atoms with van der Waals surface area (Å²) < 4.78 is 36.0. The summed E-state index contributed by atoms with van der Waals surface area (Å²) >= 11 is 0. The van der Waals surface area contributed by atoms with E-state index >= 15 is 0 Å². The van der Waals surface area contributed by atoms with E-state index < -0.39 is 33.1 Å². The van der Waals surface area contributed by atoms with Crippen LogP contribution in [0.5, 0.6) is 0 Å². The van der Waals surface area contributed by atoms with Crippen LogP contribution in [0.4, 0.5) is 0 Å². The number of esters is 2. The molecule has 0 saturated heterocycles. The molecule has 2 atom stereocenters. The molecule has 1 aliphatic rings. The van der Waals surface area contributed by atoms with Crippen LogP contribution in [0.3, 0.4) is 0 Å². The molecule has 20 heavy (non-hydrogen) atoms. The van der Waals surface area contributed by atoms with Crippen LogP contribution in [-0.2, 0) is 29.1 Å². The molecule has 1 fully saturated rings. The molecule has 1 N–H and O–H groups in total. The van der Waals surface area contributed by atoms with E-state index in [0.717, 1.165) is 0 Å². The van der Waals surface area contributed by atoms with E-state index in [1.54, 1.807) is 6.92 Å². The predicted molar refractivity (Wildman–Crippen MR) is 71.3 cm³/mol. The first-order valence-electron chi connectivity index (χ1n) is 6.64. The standard InChI is InChI=1S/C12H21NO6S/c1-3-19-11(14)7-8-13-20(16,17)10-6-4-5-9(10)12(15)18-2/h9-10,13H,3-8H2,1-2H3. The Balaban J connectivity index is 2.55. The van der Waals surface area contributed by atoms with E-state index in [-0.39, 0.29) is 19.6 Å². The molecule has 0 aliphatic heterocycles. The van der Waals surface area contributed by atoms with E-state index in [0.29, 0.717) is 19.3 Å². The smallest absolute Gasteiger partial charge is 0.310 e. The Bertz CT molecular complexity index is 447. The number of ether oxygens (including phenoxy) is 2. The first-order valence-corrected chi connectivity index (χ1v) is 8.19. The number of nitrogens with one attached hydrogen (secondary N) is 1. The molecule has 0 heterocycles. The number of sulfonamides is 1. The number of rotatable bonds is 7. The van der Waals surface area contributed by atoms with Crippen molar-refractivity contribution in [2.75, 3.05) is 20.3 Å². The van der Waals surface area contributed by atoms with Gasteiger partial charge in [-0.3, -0.25) is 9.59 Å². The van der Waals surface area contributed by atoms with Gasteiger partial charge in [-0.2, -0.15) is 0 Å². The molecule has 0 aromatic carbocycles. The van der Waals surface area contributed by atoms with Gasteiger partial charge in [0, 0.05) is 6.54 Å². The normalized spacial score (nSPS) is 22.5. The van der Waals surface area contributed by atoms with Crippen LogP contribution in [0.25, 0.3) is 0 Å². The van der Waals surface area contributed by atoms with Crippen molar-refractivity contribution in [2.45, 2.75) is 37.9 Å². The highest BCUT2D eigenvalue weighted by Gasteiger charge is 2.41. The molecular formula is C12H21NO6S. The number of hydrogen-bond acceptors (Lipinski definition) is 6. The summed E-state index contributed by atoms with van der Waals surface area (Å²) in [6.07, 6.45) is 1.58. The quantitative estimate of drug-likeness (QED) is 0.675. The molecule has 2 unspecified atom stereocenters. The average Bonchev–Trinajstić information content (AvgIpc) is 2.88. The van der Waals surface area contributed by atoms with Crippen molar-refractivity contribution in [3.63, 3.8) is 0 Å². The second kappa shape index (κ2) is 7.58. The number of methoxy groups -OCH3 is 1. The zero-order chi connectivity index (χ0) is 15.2. The summed E-state index contributed by atoms with van der Waals surface area (Å²) in [4.78, 5) is 22.7. The van der Waals surface area contributed by atoms with Gasteiger partial charge in [-0.05, 0) is 19.8 Å². The largest absolute Gasteiger partial charge is 0.469 e. The van der Waals surface area contributed by atoms with Crippen molar-refractivity contribution in [1.29, 1.82) is 0 Å². The topological polar surface area (TPSA) is 98.8 Å². The third kappa shape index (κ3) is 4.45. The molecular weight excluding hydrogens is 286 g/mol. The maximum atomic E-state index is 12.1. The fraction of sp³-hybridized carbons (Fsp3) is 0.833. The minimum absolute atomic E-state index is 0.0223.